The van der Waals surface area contributed by atoms with E-state index in [2.05, 4.69) is 0 Å². The third-order valence-corrected chi connectivity index (χ3v) is 1.98. The van der Waals surface area contributed by atoms with Gasteiger partial charge in [0.15, 0.2) is 0 Å². The Labute approximate surface area is 81.8 Å². The molecule has 4 nitrogen and oxygen atoms in total. The summed E-state index contributed by atoms with van der Waals surface area (Å²) in [6, 6.07) is 4.63. The number of anilines is 1. The molecule has 4 heteroatoms. The van der Waals surface area contributed by atoms with Gasteiger partial charge in [0.2, 0.25) is 6.41 Å². The fraction of sp³-hybridized carbons (Fsp3) is 0.200. The van der Waals surface area contributed by atoms with Crippen molar-refractivity contribution in [2.75, 3.05) is 11.9 Å². The van der Waals surface area contributed by atoms with Crippen LogP contribution < -0.4 is 4.90 Å². The van der Waals surface area contributed by atoms with Crippen molar-refractivity contribution in [2.24, 2.45) is 0 Å². The van der Waals surface area contributed by atoms with Crippen LogP contribution in [0.15, 0.2) is 18.2 Å². The molecule has 0 spiro atoms. The summed E-state index contributed by atoms with van der Waals surface area (Å²) in [6.07, 6.45) is 0.683. The molecule has 0 aliphatic rings. The molecule has 0 aliphatic carbocycles. The lowest BCUT2D eigenvalue weighted by Crippen LogP contribution is -2.15. The third-order valence-electron chi connectivity index (χ3n) is 1.98. The van der Waals surface area contributed by atoms with Gasteiger partial charge in [0.05, 0.1) is 5.56 Å². The van der Waals surface area contributed by atoms with Crippen LogP contribution >= 0.6 is 0 Å². The number of benzene rings is 1. The summed E-state index contributed by atoms with van der Waals surface area (Å²) in [5, 5.41) is 8.71. The number of hydrogen-bond donors (Lipinski definition) is 1. The molecule has 0 fully saturated rings. The van der Waals surface area contributed by atoms with E-state index in [9.17, 15) is 9.59 Å². The van der Waals surface area contributed by atoms with Crippen LogP contribution in [0.25, 0.3) is 0 Å². The maximum Gasteiger partial charge on any atom is 0.335 e. The highest BCUT2D eigenvalue weighted by molar-refractivity contribution is 5.89. The monoisotopic (exact) mass is 193 g/mol. The standard InChI is InChI=1S/C10H11NO3/c1-7-5-8(10(13)14)3-4-9(7)11(2)6-12/h3-6H,1-2H3,(H,13,14). The second-order valence-electron chi connectivity index (χ2n) is 3.02. The van der Waals surface area contributed by atoms with Crippen LogP contribution in [0.1, 0.15) is 15.9 Å². The number of nitrogens with zero attached hydrogens (tertiary/aromatic N) is 1. The van der Waals surface area contributed by atoms with Crippen molar-refractivity contribution in [3.63, 3.8) is 0 Å². The molecule has 1 aromatic rings. The van der Waals surface area contributed by atoms with Gasteiger partial charge < -0.3 is 10.0 Å². The minimum atomic E-state index is -0.964. The van der Waals surface area contributed by atoms with E-state index in [-0.39, 0.29) is 5.56 Å². The molecule has 0 radical (unpaired) electrons. The normalized spacial score (nSPS) is 9.57. The maximum atomic E-state index is 10.6. The maximum absolute atomic E-state index is 10.6. The first-order valence-electron chi connectivity index (χ1n) is 4.08. The summed E-state index contributed by atoms with van der Waals surface area (Å²) in [7, 11) is 1.62. The minimum absolute atomic E-state index is 0.227. The minimum Gasteiger partial charge on any atom is -0.478 e. The SMILES string of the molecule is Cc1cc(C(=O)O)ccc1N(C)C=O. The molecule has 0 unspecified atom stereocenters. The van der Waals surface area contributed by atoms with Gasteiger partial charge in [-0.15, -0.1) is 0 Å². The Balaban J connectivity index is 3.13. The molecule has 1 rings (SSSR count). The molecule has 14 heavy (non-hydrogen) atoms. The van der Waals surface area contributed by atoms with E-state index >= 15 is 0 Å². The fourth-order valence-electron chi connectivity index (χ4n) is 1.24. The Kier molecular flexibility index (Phi) is 2.86. The summed E-state index contributed by atoms with van der Waals surface area (Å²) in [4.78, 5) is 22.5. The zero-order valence-corrected chi connectivity index (χ0v) is 8.02. The van der Waals surface area contributed by atoms with Crippen LogP contribution in [0, 0.1) is 6.92 Å². The Morgan fingerprint density at radius 1 is 1.50 bits per heavy atom. The van der Waals surface area contributed by atoms with Gasteiger partial charge in [-0.3, -0.25) is 4.79 Å². The molecule has 0 bridgehead atoms. The molecule has 0 aliphatic heterocycles. The topological polar surface area (TPSA) is 57.6 Å². The van der Waals surface area contributed by atoms with Crippen molar-refractivity contribution >= 4 is 18.1 Å². The average Bonchev–Trinajstić information content (AvgIpc) is 2.16. The number of carbonyl (C=O) groups excluding carboxylic acids is 1. The van der Waals surface area contributed by atoms with Crippen LogP contribution in [-0.2, 0) is 4.79 Å². The molecule has 1 amide bonds. The van der Waals surface area contributed by atoms with Gasteiger partial charge >= 0.3 is 5.97 Å². The largest absolute Gasteiger partial charge is 0.478 e. The highest BCUT2D eigenvalue weighted by Gasteiger charge is 2.07. The molecule has 0 saturated heterocycles. The fourth-order valence-corrected chi connectivity index (χ4v) is 1.24. The van der Waals surface area contributed by atoms with E-state index in [1.807, 2.05) is 0 Å². The van der Waals surface area contributed by atoms with Crippen LogP contribution in [0.5, 0.6) is 0 Å². The molecule has 74 valence electrons. The van der Waals surface area contributed by atoms with Crippen molar-refractivity contribution in [1.82, 2.24) is 0 Å². The Bertz CT molecular complexity index is 374. The number of rotatable bonds is 3. The summed E-state index contributed by atoms with van der Waals surface area (Å²) in [6.45, 7) is 1.77. The number of carbonyl (C=O) groups is 2. The molecule has 0 heterocycles. The first-order chi connectivity index (χ1) is 6.56. The average molecular weight is 193 g/mol. The van der Waals surface area contributed by atoms with E-state index in [4.69, 9.17) is 5.11 Å². The first-order valence-corrected chi connectivity index (χ1v) is 4.08. The zero-order chi connectivity index (χ0) is 10.7. The van der Waals surface area contributed by atoms with E-state index in [0.29, 0.717) is 12.1 Å². The van der Waals surface area contributed by atoms with Gasteiger partial charge in [-0.05, 0) is 30.7 Å². The highest BCUT2D eigenvalue weighted by atomic mass is 16.4. The Hall–Kier alpha value is -1.84. The van der Waals surface area contributed by atoms with Crippen molar-refractivity contribution in [3.8, 4) is 0 Å². The van der Waals surface area contributed by atoms with Gasteiger partial charge in [0, 0.05) is 12.7 Å². The molecule has 0 saturated carbocycles. The lowest BCUT2D eigenvalue weighted by Gasteiger charge is -2.13. The van der Waals surface area contributed by atoms with E-state index in [1.165, 1.54) is 17.0 Å². The molecule has 1 N–H and O–H groups in total. The Morgan fingerprint density at radius 2 is 2.14 bits per heavy atom. The lowest BCUT2D eigenvalue weighted by molar-refractivity contribution is -0.107. The van der Waals surface area contributed by atoms with Crippen LogP contribution in [0.2, 0.25) is 0 Å². The molecule has 0 atom stereocenters. The van der Waals surface area contributed by atoms with Crippen molar-refractivity contribution in [2.45, 2.75) is 6.92 Å². The number of carboxylic acid groups (broad SMARTS) is 1. The number of hydrogen-bond acceptors (Lipinski definition) is 2. The summed E-state index contributed by atoms with van der Waals surface area (Å²) in [5.74, 6) is -0.964. The van der Waals surface area contributed by atoms with Gasteiger partial charge in [-0.2, -0.15) is 0 Å². The summed E-state index contributed by atoms with van der Waals surface area (Å²) in [5.41, 5.74) is 1.70. The van der Waals surface area contributed by atoms with Crippen molar-refractivity contribution in [3.05, 3.63) is 29.3 Å². The lowest BCUT2D eigenvalue weighted by atomic mass is 10.1. The quantitative estimate of drug-likeness (QED) is 0.736. The van der Waals surface area contributed by atoms with Crippen molar-refractivity contribution in [1.29, 1.82) is 0 Å². The predicted octanol–water partition coefficient (Wildman–Crippen LogP) is 1.29. The highest BCUT2D eigenvalue weighted by Crippen LogP contribution is 2.18. The summed E-state index contributed by atoms with van der Waals surface area (Å²) >= 11 is 0. The van der Waals surface area contributed by atoms with E-state index in [1.54, 1.807) is 20.0 Å². The predicted molar refractivity (Wildman–Crippen MR) is 52.6 cm³/mol. The molecule has 0 aromatic heterocycles. The number of aryl methyl sites for hydroxylation is 1. The number of amides is 1. The zero-order valence-electron chi connectivity index (χ0n) is 8.02. The van der Waals surface area contributed by atoms with Gasteiger partial charge in [0.1, 0.15) is 0 Å². The van der Waals surface area contributed by atoms with Gasteiger partial charge in [0.25, 0.3) is 0 Å². The van der Waals surface area contributed by atoms with Crippen LogP contribution in [0.3, 0.4) is 0 Å². The van der Waals surface area contributed by atoms with E-state index in [0.717, 1.165) is 5.56 Å². The third kappa shape index (κ3) is 1.90. The number of carboxylic acids is 1. The van der Waals surface area contributed by atoms with Crippen molar-refractivity contribution < 1.29 is 14.7 Å². The van der Waals surface area contributed by atoms with Crippen LogP contribution in [0.4, 0.5) is 5.69 Å². The molecular weight excluding hydrogens is 182 g/mol. The number of aromatic carboxylic acids is 1. The molecular formula is C10H11NO3. The van der Waals surface area contributed by atoms with Gasteiger partial charge in [-0.25, -0.2) is 4.79 Å². The van der Waals surface area contributed by atoms with Gasteiger partial charge in [-0.1, -0.05) is 0 Å². The smallest absolute Gasteiger partial charge is 0.335 e. The summed E-state index contributed by atoms with van der Waals surface area (Å²) < 4.78 is 0. The second kappa shape index (κ2) is 3.91. The molecule has 1 aromatic carbocycles. The van der Waals surface area contributed by atoms with E-state index < -0.39 is 5.97 Å². The van der Waals surface area contributed by atoms with Crippen LogP contribution in [-0.4, -0.2) is 24.5 Å². The second-order valence-corrected chi connectivity index (χ2v) is 3.02. The first kappa shape index (κ1) is 10.2. The Morgan fingerprint density at radius 3 is 2.57 bits per heavy atom.